The number of aryl methyl sites for hydroxylation is 2. The van der Waals surface area contributed by atoms with Crippen molar-refractivity contribution in [3.8, 4) is 0 Å². The van der Waals surface area contributed by atoms with Crippen LogP contribution in [-0.2, 0) is 13.6 Å². The molecule has 0 saturated heterocycles. The van der Waals surface area contributed by atoms with Crippen LogP contribution < -0.4 is 5.32 Å². The van der Waals surface area contributed by atoms with Crippen molar-refractivity contribution in [2.24, 2.45) is 7.05 Å². The number of hydrogen-bond donors (Lipinski definition) is 1. The van der Waals surface area contributed by atoms with Gasteiger partial charge in [-0.2, -0.15) is 5.10 Å². The van der Waals surface area contributed by atoms with E-state index in [1.165, 1.54) is 38.5 Å². The van der Waals surface area contributed by atoms with Crippen LogP contribution in [0.4, 0.5) is 0 Å². The maximum absolute atomic E-state index is 6.19. The third-order valence-corrected chi connectivity index (χ3v) is 3.75. The van der Waals surface area contributed by atoms with Gasteiger partial charge in [-0.05, 0) is 19.9 Å². The van der Waals surface area contributed by atoms with E-state index >= 15 is 0 Å². The molecule has 1 N–H and O–H groups in total. The second kappa shape index (κ2) is 8.54. The smallest absolute Gasteiger partial charge is 0.0860 e. The standard InChI is InChI=1S/C14H26ClN3/c1-4-5-6-7-8-9-10-16-11-13-14(15)12(2)17-18(13)3/h16H,4-11H2,1-3H3. The largest absolute Gasteiger partial charge is 0.311 e. The summed E-state index contributed by atoms with van der Waals surface area (Å²) in [5.74, 6) is 0. The van der Waals surface area contributed by atoms with Gasteiger partial charge in [0.2, 0.25) is 0 Å². The summed E-state index contributed by atoms with van der Waals surface area (Å²) in [7, 11) is 1.95. The molecule has 1 heterocycles. The third kappa shape index (κ3) is 4.99. The first-order valence-corrected chi connectivity index (χ1v) is 7.43. The average Bonchev–Trinajstić information content (AvgIpc) is 2.58. The lowest BCUT2D eigenvalue weighted by Gasteiger charge is -2.06. The van der Waals surface area contributed by atoms with Gasteiger partial charge < -0.3 is 5.32 Å². The topological polar surface area (TPSA) is 29.9 Å². The zero-order valence-electron chi connectivity index (χ0n) is 11.9. The van der Waals surface area contributed by atoms with Crippen molar-refractivity contribution in [2.45, 2.75) is 58.9 Å². The lowest BCUT2D eigenvalue weighted by molar-refractivity contribution is 0.559. The predicted molar refractivity (Wildman–Crippen MR) is 78.0 cm³/mol. The van der Waals surface area contributed by atoms with Crippen molar-refractivity contribution in [1.29, 1.82) is 0 Å². The average molecular weight is 272 g/mol. The lowest BCUT2D eigenvalue weighted by Crippen LogP contribution is -2.17. The quantitative estimate of drug-likeness (QED) is 0.692. The van der Waals surface area contributed by atoms with Gasteiger partial charge in [0.25, 0.3) is 0 Å². The molecule has 0 aromatic carbocycles. The van der Waals surface area contributed by atoms with Crippen molar-refractivity contribution in [1.82, 2.24) is 15.1 Å². The van der Waals surface area contributed by atoms with E-state index < -0.39 is 0 Å². The van der Waals surface area contributed by atoms with Gasteiger partial charge in [-0.1, -0.05) is 50.6 Å². The minimum atomic E-state index is 0.799. The summed E-state index contributed by atoms with van der Waals surface area (Å²) in [5, 5.41) is 8.55. The first-order valence-electron chi connectivity index (χ1n) is 7.05. The van der Waals surface area contributed by atoms with Gasteiger partial charge in [0, 0.05) is 13.6 Å². The highest BCUT2D eigenvalue weighted by atomic mass is 35.5. The highest BCUT2D eigenvalue weighted by Crippen LogP contribution is 2.18. The Kier molecular flexibility index (Phi) is 7.36. The van der Waals surface area contributed by atoms with Crippen LogP contribution in [0, 0.1) is 6.92 Å². The Morgan fingerprint density at radius 2 is 1.83 bits per heavy atom. The van der Waals surface area contributed by atoms with Crippen LogP contribution in [0.2, 0.25) is 5.02 Å². The number of aromatic nitrogens is 2. The molecule has 0 unspecified atom stereocenters. The van der Waals surface area contributed by atoms with Gasteiger partial charge >= 0.3 is 0 Å². The molecule has 0 atom stereocenters. The molecule has 0 fully saturated rings. The molecule has 0 radical (unpaired) electrons. The van der Waals surface area contributed by atoms with Crippen LogP contribution in [0.25, 0.3) is 0 Å². The second-order valence-corrected chi connectivity index (χ2v) is 5.29. The molecule has 18 heavy (non-hydrogen) atoms. The van der Waals surface area contributed by atoms with Crippen LogP contribution in [0.5, 0.6) is 0 Å². The van der Waals surface area contributed by atoms with E-state index in [1.807, 2.05) is 18.7 Å². The molecule has 104 valence electrons. The molecule has 0 aliphatic rings. The van der Waals surface area contributed by atoms with Crippen molar-refractivity contribution >= 4 is 11.6 Å². The normalized spacial score (nSPS) is 11.1. The molecular weight excluding hydrogens is 246 g/mol. The Hall–Kier alpha value is -0.540. The number of hydrogen-bond acceptors (Lipinski definition) is 2. The minimum Gasteiger partial charge on any atom is -0.311 e. The van der Waals surface area contributed by atoms with Crippen molar-refractivity contribution in [3.05, 3.63) is 16.4 Å². The Morgan fingerprint density at radius 1 is 1.17 bits per heavy atom. The van der Waals surface area contributed by atoms with Crippen LogP contribution in [0.3, 0.4) is 0 Å². The number of nitrogens with zero attached hydrogens (tertiary/aromatic N) is 2. The zero-order valence-corrected chi connectivity index (χ0v) is 12.7. The summed E-state index contributed by atoms with van der Waals surface area (Å²) in [6.07, 6.45) is 8.00. The van der Waals surface area contributed by atoms with E-state index in [2.05, 4.69) is 17.3 Å². The van der Waals surface area contributed by atoms with Crippen LogP contribution in [0.15, 0.2) is 0 Å². The van der Waals surface area contributed by atoms with Gasteiger partial charge in [-0.3, -0.25) is 4.68 Å². The SMILES string of the molecule is CCCCCCCCNCc1c(Cl)c(C)nn1C. The fourth-order valence-electron chi connectivity index (χ4n) is 2.11. The molecule has 1 aromatic rings. The summed E-state index contributed by atoms with van der Waals surface area (Å²) in [6, 6.07) is 0. The second-order valence-electron chi connectivity index (χ2n) is 4.91. The van der Waals surface area contributed by atoms with Crippen molar-refractivity contribution in [2.75, 3.05) is 6.54 Å². The molecule has 3 nitrogen and oxygen atoms in total. The Balaban J connectivity index is 2.11. The molecular formula is C14H26ClN3. The first-order chi connectivity index (χ1) is 8.66. The Morgan fingerprint density at radius 3 is 2.44 bits per heavy atom. The van der Waals surface area contributed by atoms with E-state index in [0.29, 0.717) is 0 Å². The Labute approximate surface area is 116 Å². The van der Waals surface area contributed by atoms with E-state index in [0.717, 1.165) is 29.5 Å². The number of unbranched alkanes of at least 4 members (excludes halogenated alkanes) is 5. The highest BCUT2D eigenvalue weighted by molar-refractivity contribution is 6.31. The van der Waals surface area contributed by atoms with Crippen molar-refractivity contribution in [3.63, 3.8) is 0 Å². The minimum absolute atomic E-state index is 0.799. The molecule has 0 amide bonds. The van der Waals surface area contributed by atoms with Crippen molar-refractivity contribution < 1.29 is 0 Å². The summed E-state index contributed by atoms with van der Waals surface area (Å²) < 4.78 is 1.87. The lowest BCUT2D eigenvalue weighted by atomic mass is 10.1. The van der Waals surface area contributed by atoms with E-state index in [4.69, 9.17) is 11.6 Å². The molecule has 0 aliphatic carbocycles. The highest BCUT2D eigenvalue weighted by Gasteiger charge is 2.09. The van der Waals surface area contributed by atoms with Crippen LogP contribution in [-0.4, -0.2) is 16.3 Å². The van der Waals surface area contributed by atoms with Gasteiger partial charge in [0.05, 0.1) is 16.4 Å². The maximum atomic E-state index is 6.19. The van der Waals surface area contributed by atoms with Gasteiger partial charge in [-0.15, -0.1) is 0 Å². The molecule has 1 rings (SSSR count). The van der Waals surface area contributed by atoms with Gasteiger partial charge in [0.15, 0.2) is 0 Å². The first kappa shape index (κ1) is 15.5. The fraction of sp³-hybridized carbons (Fsp3) is 0.786. The molecule has 0 aliphatic heterocycles. The molecule has 0 spiro atoms. The molecule has 0 bridgehead atoms. The van der Waals surface area contributed by atoms with Crippen LogP contribution in [0.1, 0.15) is 56.8 Å². The van der Waals surface area contributed by atoms with E-state index in [9.17, 15) is 0 Å². The Bertz CT molecular complexity index is 347. The predicted octanol–water partition coefficient (Wildman–Crippen LogP) is 3.83. The summed E-state index contributed by atoms with van der Waals surface area (Å²) in [4.78, 5) is 0. The van der Waals surface area contributed by atoms with Crippen LogP contribution >= 0.6 is 11.6 Å². The van der Waals surface area contributed by atoms with E-state index in [1.54, 1.807) is 0 Å². The number of halogens is 1. The number of rotatable bonds is 9. The van der Waals surface area contributed by atoms with Gasteiger partial charge in [0.1, 0.15) is 0 Å². The number of nitrogens with one attached hydrogen (secondary N) is 1. The monoisotopic (exact) mass is 271 g/mol. The molecule has 4 heteroatoms. The molecule has 1 aromatic heterocycles. The fourth-order valence-corrected chi connectivity index (χ4v) is 2.34. The summed E-state index contributed by atoms with van der Waals surface area (Å²) >= 11 is 6.19. The third-order valence-electron chi connectivity index (χ3n) is 3.26. The van der Waals surface area contributed by atoms with Gasteiger partial charge in [-0.25, -0.2) is 0 Å². The maximum Gasteiger partial charge on any atom is 0.0860 e. The zero-order chi connectivity index (χ0) is 13.4. The van der Waals surface area contributed by atoms with E-state index in [-0.39, 0.29) is 0 Å². The molecule has 0 saturated carbocycles. The summed E-state index contributed by atoms with van der Waals surface area (Å²) in [5.41, 5.74) is 2.00. The summed E-state index contributed by atoms with van der Waals surface area (Å²) in [6.45, 7) is 6.07.